The number of nitrogens with zero attached hydrogens (tertiary/aromatic N) is 4. The van der Waals surface area contributed by atoms with Gasteiger partial charge in [-0.25, -0.2) is 4.98 Å². The maximum absolute atomic E-state index is 14.2. The molecular formula is C26H27F3N6O2. The summed E-state index contributed by atoms with van der Waals surface area (Å²) in [5, 5.41) is 6.99. The Morgan fingerprint density at radius 3 is 2.65 bits per heavy atom. The van der Waals surface area contributed by atoms with Crippen LogP contribution in [0.25, 0.3) is 22.4 Å². The number of carbonyl (C=O) groups excluding carboxylic acids is 1. The fourth-order valence-corrected chi connectivity index (χ4v) is 4.66. The van der Waals surface area contributed by atoms with Gasteiger partial charge in [0.2, 0.25) is 0 Å². The Labute approximate surface area is 211 Å². The normalized spacial score (nSPS) is 15.8. The molecule has 2 aromatic heterocycles. The lowest BCUT2D eigenvalue weighted by Crippen LogP contribution is -2.48. The third-order valence-electron chi connectivity index (χ3n) is 6.36. The van der Waals surface area contributed by atoms with Gasteiger partial charge in [0.1, 0.15) is 17.2 Å². The topological polar surface area (TPSA) is 88.1 Å². The average Bonchev–Trinajstić information content (AvgIpc) is 3.39. The molecule has 4 aromatic rings. The van der Waals surface area contributed by atoms with E-state index in [9.17, 15) is 18.0 Å². The van der Waals surface area contributed by atoms with Crippen molar-refractivity contribution in [2.75, 3.05) is 29.9 Å². The summed E-state index contributed by atoms with van der Waals surface area (Å²) in [6.45, 7) is 7.04. The summed E-state index contributed by atoms with van der Waals surface area (Å²) in [4.78, 5) is 22.3. The molecule has 37 heavy (non-hydrogen) atoms. The summed E-state index contributed by atoms with van der Waals surface area (Å²) in [6, 6.07) is 10.9. The number of para-hydroxylation sites is 1. The number of fused-ring (bicyclic) bond motifs is 1. The maximum atomic E-state index is 14.2. The number of anilines is 2. The number of rotatable bonds is 4. The van der Waals surface area contributed by atoms with E-state index in [0.29, 0.717) is 36.7 Å². The van der Waals surface area contributed by atoms with Gasteiger partial charge in [-0.05, 0) is 51.1 Å². The first-order chi connectivity index (χ1) is 17.4. The number of ether oxygens (including phenoxy) is 1. The van der Waals surface area contributed by atoms with Gasteiger partial charge < -0.3 is 19.9 Å². The van der Waals surface area contributed by atoms with E-state index >= 15 is 0 Å². The zero-order chi connectivity index (χ0) is 26.5. The summed E-state index contributed by atoms with van der Waals surface area (Å²) >= 11 is 0. The van der Waals surface area contributed by atoms with E-state index in [1.54, 1.807) is 44.3 Å². The van der Waals surface area contributed by atoms with Crippen molar-refractivity contribution < 1.29 is 22.7 Å². The van der Waals surface area contributed by atoms with Crippen molar-refractivity contribution >= 4 is 28.4 Å². The number of H-pyrrole nitrogens is 1. The fraction of sp³-hybridized carbons (Fsp3) is 0.346. The van der Waals surface area contributed by atoms with Gasteiger partial charge in [-0.15, -0.1) is 0 Å². The Kier molecular flexibility index (Phi) is 5.98. The van der Waals surface area contributed by atoms with E-state index < -0.39 is 23.2 Å². The van der Waals surface area contributed by atoms with E-state index in [4.69, 9.17) is 4.74 Å². The molecule has 1 aliphatic rings. The molecule has 0 radical (unpaired) electrons. The van der Waals surface area contributed by atoms with Crippen molar-refractivity contribution in [2.24, 2.45) is 7.05 Å². The highest BCUT2D eigenvalue weighted by atomic mass is 19.4. The van der Waals surface area contributed by atoms with Crippen molar-refractivity contribution in [3.63, 3.8) is 0 Å². The number of nitrogens with one attached hydrogen (secondary N) is 2. The molecule has 8 nitrogen and oxygen atoms in total. The van der Waals surface area contributed by atoms with Gasteiger partial charge in [0, 0.05) is 37.5 Å². The second kappa shape index (κ2) is 8.91. The number of alkyl halides is 3. The molecule has 194 valence electrons. The Morgan fingerprint density at radius 1 is 1.19 bits per heavy atom. The van der Waals surface area contributed by atoms with Crippen LogP contribution >= 0.6 is 0 Å². The third-order valence-corrected chi connectivity index (χ3v) is 6.36. The Morgan fingerprint density at radius 2 is 1.97 bits per heavy atom. The summed E-state index contributed by atoms with van der Waals surface area (Å²) in [5.41, 5.74) is 0.825. The number of carbonyl (C=O) groups is 1. The molecule has 11 heteroatoms. The number of morpholine rings is 1. The largest absolute Gasteiger partial charge is 0.417 e. The van der Waals surface area contributed by atoms with Gasteiger partial charge >= 0.3 is 6.18 Å². The number of halogens is 3. The molecule has 0 saturated carbocycles. The van der Waals surface area contributed by atoms with E-state index in [1.807, 2.05) is 18.7 Å². The van der Waals surface area contributed by atoms with Crippen LogP contribution in [-0.4, -0.2) is 51.0 Å². The standard InChI is InChI=1S/C26H27F3N6O2/c1-15-12-21(34(4)33-15)31-24(36)18-6-5-7-20-22(18)32-23(30-20)17-9-8-16(13-19(17)26(27,28)29)35-10-11-37-25(2,3)14-35/h5-9,12-13H,10-11,14H2,1-4H3,(H,30,32)(H,31,36). The molecule has 0 bridgehead atoms. The number of hydrogen-bond donors (Lipinski definition) is 2. The van der Waals surface area contributed by atoms with Crippen LogP contribution in [0.2, 0.25) is 0 Å². The number of imidazole rings is 1. The van der Waals surface area contributed by atoms with Gasteiger partial charge in [-0.1, -0.05) is 6.07 Å². The molecular weight excluding hydrogens is 485 g/mol. The van der Waals surface area contributed by atoms with E-state index in [-0.39, 0.29) is 22.5 Å². The molecule has 1 saturated heterocycles. The number of hydrogen-bond acceptors (Lipinski definition) is 5. The van der Waals surface area contributed by atoms with Crippen molar-refractivity contribution in [3.05, 3.63) is 59.3 Å². The lowest BCUT2D eigenvalue weighted by Gasteiger charge is -2.39. The molecule has 0 unspecified atom stereocenters. The predicted octanol–water partition coefficient (Wildman–Crippen LogP) is 5.16. The van der Waals surface area contributed by atoms with Crippen molar-refractivity contribution in [2.45, 2.75) is 32.5 Å². The van der Waals surface area contributed by atoms with Gasteiger partial charge in [0.15, 0.2) is 0 Å². The van der Waals surface area contributed by atoms with Crippen LogP contribution in [0.15, 0.2) is 42.5 Å². The highest BCUT2D eigenvalue weighted by molar-refractivity contribution is 6.11. The first-order valence-electron chi connectivity index (χ1n) is 11.8. The minimum Gasteiger partial charge on any atom is -0.372 e. The van der Waals surface area contributed by atoms with Crippen molar-refractivity contribution in [3.8, 4) is 11.4 Å². The summed E-state index contributed by atoms with van der Waals surface area (Å²) in [5.74, 6) is 0.0947. The zero-order valence-corrected chi connectivity index (χ0v) is 20.9. The minimum atomic E-state index is -4.61. The van der Waals surface area contributed by atoms with Crippen LogP contribution in [-0.2, 0) is 18.0 Å². The van der Waals surface area contributed by atoms with Crippen LogP contribution in [0.5, 0.6) is 0 Å². The molecule has 2 N–H and O–H groups in total. The van der Waals surface area contributed by atoms with E-state index in [0.717, 1.165) is 11.8 Å². The monoisotopic (exact) mass is 512 g/mol. The maximum Gasteiger partial charge on any atom is 0.417 e. The van der Waals surface area contributed by atoms with Crippen molar-refractivity contribution in [1.82, 2.24) is 19.7 Å². The molecule has 3 heterocycles. The molecule has 0 aliphatic carbocycles. The number of aryl methyl sites for hydroxylation is 2. The summed E-state index contributed by atoms with van der Waals surface area (Å²) in [6.07, 6.45) is -4.61. The van der Waals surface area contributed by atoms with E-state index in [1.165, 1.54) is 10.7 Å². The Hall–Kier alpha value is -3.86. The summed E-state index contributed by atoms with van der Waals surface area (Å²) in [7, 11) is 1.70. The van der Waals surface area contributed by atoms with Gasteiger partial charge in [0.25, 0.3) is 5.91 Å². The highest BCUT2D eigenvalue weighted by Crippen LogP contribution is 2.39. The number of benzene rings is 2. The molecule has 0 atom stereocenters. The molecule has 1 amide bonds. The molecule has 0 spiro atoms. The number of aromatic amines is 1. The summed E-state index contributed by atoms with van der Waals surface area (Å²) < 4.78 is 49.9. The Balaban J connectivity index is 1.53. The van der Waals surface area contributed by atoms with Crippen LogP contribution < -0.4 is 10.2 Å². The first kappa shape index (κ1) is 24.8. The fourth-order valence-electron chi connectivity index (χ4n) is 4.66. The lowest BCUT2D eigenvalue weighted by molar-refractivity contribution is -0.137. The molecule has 2 aromatic carbocycles. The lowest BCUT2D eigenvalue weighted by atomic mass is 10.0. The van der Waals surface area contributed by atoms with Crippen LogP contribution in [0.4, 0.5) is 24.7 Å². The number of amides is 1. The van der Waals surface area contributed by atoms with Crippen LogP contribution in [0, 0.1) is 6.92 Å². The van der Waals surface area contributed by atoms with Crippen molar-refractivity contribution in [1.29, 1.82) is 0 Å². The highest BCUT2D eigenvalue weighted by Gasteiger charge is 2.36. The van der Waals surface area contributed by atoms with E-state index in [2.05, 4.69) is 20.4 Å². The molecule has 1 aliphatic heterocycles. The zero-order valence-electron chi connectivity index (χ0n) is 20.9. The second-order valence-corrected chi connectivity index (χ2v) is 9.79. The van der Waals surface area contributed by atoms with Gasteiger partial charge in [0.05, 0.1) is 34.5 Å². The quantitative estimate of drug-likeness (QED) is 0.395. The molecule has 1 fully saturated rings. The van der Waals surface area contributed by atoms with Crippen LogP contribution in [0.3, 0.4) is 0 Å². The first-order valence-corrected chi connectivity index (χ1v) is 11.8. The second-order valence-electron chi connectivity index (χ2n) is 9.79. The minimum absolute atomic E-state index is 0.0350. The number of aromatic nitrogens is 4. The third kappa shape index (κ3) is 4.91. The molecule has 5 rings (SSSR count). The average molecular weight is 513 g/mol. The van der Waals surface area contributed by atoms with Gasteiger partial charge in [-0.2, -0.15) is 18.3 Å². The predicted molar refractivity (Wildman–Crippen MR) is 135 cm³/mol. The SMILES string of the molecule is Cc1cc(NC(=O)c2cccc3[nH]c(-c4ccc(N5CCOC(C)(C)C5)cc4C(F)(F)F)nc23)n(C)n1. The smallest absolute Gasteiger partial charge is 0.372 e. The van der Waals surface area contributed by atoms with Gasteiger partial charge in [-0.3, -0.25) is 9.48 Å². The Bertz CT molecular complexity index is 1490. The van der Waals surface area contributed by atoms with Crippen LogP contribution in [0.1, 0.15) is 35.5 Å².